The highest BCUT2D eigenvalue weighted by atomic mass is 32.2. The van der Waals surface area contributed by atoms with Gasteiger partial charge in [-0.15, -0.1) is 0 Å². The highest BCUT2D eigenvalue weighted by molar-refractivity contribution is 7.92. The minimum Gasteiger partial charge on any atom is -0.283 e. The first-order valence-corrected chi connectivity index (χ1v) is 6.82. The van der Waals surface area contributed by atoms with Gasteiger partial charge in [0.15, 0.2) is 0 Å². The molecule has 4 heteroatoms. The van der Waals surface area contributed by atoms with Crippen molar-refractivity contribution in [3.8, 4) is 0 Å². The molecule has 0 unspecified atom stereocenters. The van der Waals surface area contributed by atoms with Crippen molar-refractivity contribution in [1.82, 2.24) is 0 Å². The van der Waals surface area contributed by atoms with E-state index < -0.39 is 10.0 Å². The van der Waals surface area contributed by atoms with Crippen LogP contribution in [0.3, 0.4) is 0 Å². The van der Waals surface area contributed by atoms with Crippen LogP contribution in [0.1, 0.15) is 5.56 Å². The van der Waals surface area contributed by atoms with Crippen molar-refractivity contribution in [1.29, 1.82) is 0 Å². The maximum Gasteiger partial charge on any atom is 0.229 e. The molecule has 0 heterocycles. The Morgan fingerprint density at radius 3 is 2.19 bits per heavy atom. The minimum absolute atomic E-state index is 0.640. The lowest BCUT2D eigenvalue weighted by molar-refractivity contribution is 0.607. The fourth-order valence-corrected chi connectivity index (χ4v) is 2.28. The lowest BCUT2D eigenvalue weighted by Crippen LogP contribution is -2.10. The molecule has 2 rings (SSSR count). The van der Waals surface area contributed by atoms with Gasteiger partial charge < -0.3 is 0 Å². The summed E-state index contributed by atoms with van der Waals surface area (Å²) < 4.78 is 24.9. The van der Waals surface area contributed by atoms with Gasteiger partial charge in [-0.1, -0.05) is 24.3 Å². The number of aryl methyl sites for hydroxylation is 1. The Labute approximate surface area is 95.2 Å². The summed E-state index contributed by atoms with van der Waals surface area (Å²) in [5, 5.41) is 2.14. The molecular weight excluding hydrogens is 222 g/mol. The largest absolute Gasteiger partial charge is 0.283 e. The average Bonchev–Trinajstić information content (AvgIpc) is 2.17. The molecule has 0 amide bonds. The molecule has 0 spiro atoms. The standard InChI is InChI=1S/C12H13NO2S/c1-9-7-10-5-3-4-6-11(10)8-12(9)13-16(2,14)15/h3-8,13H,1-2H3. The minimum atomic E-state index is -3.22. The Morgan fingerprint density at radius 2 is 1.62 bits per heavy atom. The summed E-state index contributed by atoms with van der Waals surface area (Å²) in [5.41, 5.74) is 1.56. The number of anilines is 1. The molecule has 0 aromatic heterocycles. The third-order valence-corrected chi connectivity index (χ3v) is 2.98. The van der Waals surface area contributed by atoms with E-state index >= 15 is 0 Å². The molecule has 0 bridgehead atoms. The van der Waals surface area contributed by atoms with Crippen LogP contribution in [0.15, 0.2) is 36.4 Å². The molecular formula is C12H13NO2S. The predicted octanol–water partition coefficient (Wildman–Crippen LogP) is 2.52. The molecule has 2 aromatic carbocycles. The van der Waals surface area contributed by atoms with Gasteiger partial charge in [-0.25, -0.2) is 8.42 Å². The number of benzene rings is 2. The number of nitrogens with one attached hydrogen (secondary N) is 1. The zero-order valence-corrected chi connectivity index (χ0v) is 10.0. The van der Waals surface area contributed by atoms with E-state index in [1.165, 1.54) is 0 Å². The van der Waals surface area contributed by atoms with E-state index in [2.05, 4.69) is 4.72 Å². The summed E-state index contributed by atoms with van der Waals surface area (Å²) in [7, 11) is -3.22. The van der Waals surface area contributed by atoms with Crippen molar-refractivity contribution in [3.63, 3.8) is 0 Å². The Hall–Kier alpha value is -1.55. The van der Waals surface area contributed by atoms with Gasteiger partial charge in [0.1, 0.15) is 0 Å². The van der Waals surface area contributed by atoms with Crippen molar-refractivity contribution >= 4 is 26.5 Å². The van der Waals surface area contributed by atoms with E-state index in [1.807, 2.05) is 43.3 Å². The molecule has 0 radical (unpaired) electrons. The number of sulfonamides is 1. The average molecular weight is 235 g/mol. The van der Waals surface area contributed by atoms with Crippen molar-refractivity contribution in [2.45, 2.75) is 6.92 Å². The van der Waals surface area contributed by atoms with Crippen LogP contribution in [0, 0.1) is 6.92 Å². The molecule has 0 fully saturated rings. The summed E-state index contributed by atoms with van der Waals surface area (Å²) in [5.74, 6) is 0. The summed E-state index contributed by atoms with van der Waals surface area (Å²) >= 11 is 0. The van der Waals surface area contributed by atoms with Gasteiger partial charge in [0.2, 0.25) is 10.0 Å². The smallest absolute Gasteiger partial charge is 0.229 e. The lowest BCUT2D eigenvalue weighted by Gasteiger charge is -2.09. The number of rotatable bonds is 2. The highest BCUT2D eigenvalue weighted by Crippen LogP contribution is 2.23. The van der Waals surface area contributed by atoms with Crippen molar-refractivity contribution in [3.05, 3.63) is 42.0 Å². The zero-order chi connectivity index (χ0) is 11.8. The van der Waals surface area contributed by atoms with Crippen molar-refractivity contribution in [2.75, 3.05) is 11.0 Å². The molecule has 1 N–H and O–H groups in total. The SMILES string of the molecule is Cc1cc2ccccc2cc1NS(C)(=O)=O. The quantitative estimate of drug-likeness (QED) is 0.869. The Bertz CT molecular complexity index is 633. The Morgan fingerprint density at radius 1 is 1.06 bits per heavy atom. The van der Waals surface area contributed by atoms with Crippen LogP contribution in [-0.2, 0) is 10.0 Å². The topological polar surface area (TPSA) is 46.2 Å². The van der Waals surface area contributed by atoms with Crippen molar-refractivity contribution < 1.29 is 8.42 Å². The Balaban J connectivity index is 2.58. The first kappa shape index (κ1) is 11.0. The van der Waals surface area contributed by atoms with Gasteiger partial charge >= 0.3 is 0 Å². The molecule has 0 aliphatic heterocycles. The van der Waals surface area contributed by atoms with Gasteiger partial charge in [-0.2, -0.15) is 0 Å². The zero-order valence-electron chi connectivity index (χ0n) is 9.19. The summed E-state index contributed by atoms with van der Waals surface area (Å²) in [4.78, 5) is 0. The van der Waals surface area contributed by atoms with Crippen LogP contribution < -0.4 is 4.72 Å². The van der Waals surface area contributed by atoms with Crippen LogP contribution in [0.5, 0.6) is 0 Å². The van der Waals surface area contributed by atoms with E-state index in [9.17, 15) is 8.42 Å². The predicted molar refractivity (Wildman–Crippen MR) is 67.2 cm³/mol. The summed E-state index contributed by atoms with van der Waals surface area (Å²) in [6.07, 6.45) is 1.15. The molecule has 0 atom stereocenters. The normalized spacial score (nSPS) is 11.6. The second-order valence-electron chi connectivity index (χ2n) is 3.89. The van der Waals surface area contributed by atoms with E-state index in [0.717, 1.165) is 22.6 Å². The van der Waals surface area contributed by atoms with E-state index in [-0.39, 0.29) is 0 Å². The third kappa shape index (κ3) is 2.33. The lowest BCUT2D eigenvalue weighted by atomic mass is 10.1. The molecule has 0 saturated heterocycles. The number of hydrogen-bond acceptors (Lipinski definition) is 2. The van der Waals surface area contributed by atoms with E-state index in [4.69, 9.17) is 0 Å². The van der Waals surface area contributed by atoms with E-state index in [1.54, 1.807) is 0 Å². The third-order valence-electron chi connectivity index (χ3n) is 2.39. The maximum absolute atomic E-state index is 11.2. The van der Waals surface area contributed by atoms with Gasteiger partial charge in [0, 0.05) is 0 Å². The fraction of sp³-hybridized carbons (Fsp3) is 0.167. The monoisotopic (exact) mass is 235 g/mol. The molecule has 84 valence electrons. The van der Waals surface area contributed by atoms with Crippen LogP contribution in [0.4, 0.5) is 5.69 Å². The van der Waals surface area contributed by atoms with E-state index in [0.29, 0.717) is 5.69 Å². The van der Waals surface area contributed by atoms with Gasteiger partial charge in [-0.3, -0.25) is 4.72 Å². The molecule has 0 aliphatic rings. The second kappa shape index (κ2) is 3.79. The Kier molecular flexibility index (Phi) is 2.59. The van der Waals surface area contributed by atoms with Crippen LogP contribution >= 0.6 is 0 Å². The molecule has 2 aromatic rings. The highest BCUT2D eigenvalue weighted by Gasteiger charge is 2.05. The summed E-state index contributed by atoms with van der Waals surface area (Å²) in [6.45, 7) is 1.89. The van der Waals surface area contributed by atoms with Crippen LogP contribution in [0.2, 0.25) is 0 Å². The van der Waals surface area contributed by atoms with Crippen LogP contribution in [-0.4, -0.2) is 14.7 Å². The van der Waals surface area contributed by atoms with Gasteiger partial charge in [-0.05, 0) is 35.4 Å². The molecule has 0 saturated carbocycles. The summed E-state index contributed by atoms with van der Waals surface area (Å²) in [6, 6.07) is 11.7. The van der Waals surface area contributed by atoms with Crippen molar-refractivity contribution in [2.24, 2.45) is 0 Å². The van der Waals surface area contributed by atoms with Crippen LogP contribution in [0.25, 0.3) is 10.8 Å². The molecule has 0 aliphatic carbocycles. The second-order valence-corrected chi connectivity index (χ2v) is 5.64. The van der Waals surface area contributed by atoms with Gasteiger partial charge in [0.25, 0.3) is 0 Å². The first-order valence-electron chi connectivity index (χ1n) is 4.93. The molecule has 16 heavy (non-hydrogen) atoms. The number of hydrogen-bond donors (Lipinski definition) is 1. The maximum atomic E-state index is 11.2. The molecule has 3 nitrogen and oxygen atoms in total. The number of fused-ring (bicyclic) bond motifs is 1. The fourth-order valence-electron chi connectivity index (χ4n) is 1.66. The van der Waals surface area contributed by atoms with Gasteiger partial charge in [0.05, 0.1) is 11.9 Å². The first-order chi connectivity index (χ1) is 7.46.